The third-order valence-corrected chi connectivity index (χ3v) is 5.27. The van der Waals surface area contributed by atoms with Crippen LogP contribution in [0.15, 0.2) is 0 Å². The van der Waals surface area contributed by atoms with E-state index in [-0.39, 0.29) is 0 Å². The van der Waals surface area contributed by atoms with Gasteiger partial charge in [0.05, 0.1) is 0 Å². The van der Waals surface area contributed by atoms with Crippen molar-refractivity contribution in [2.45, 2.75) is 53.0 Å². The molecule has 0 bridgehead atoms. The Labute approximate surface area is 114 Å². The molecule has 106 valence electrons. The Bertz CT molecular complexity index is 274. The molecular formula is C16H32N2. The molecule has 2 heteroatoms. The molecule has 0 heterocycles. The molecule has 2 saturated carbocycles. The van der Waals surface area contributed by atoms with Crippen LogP contribution in [0.2, 0.25) is 0 Å². The van der Waals surface area contributed by atoms with Crippen LogP contribution in [0, 0.1) is 23.2 Å². The maximum atomic E-state index is 3.74. The van der Waals surface area contributed by atoms with Gasteiger partial charge in [0, 0.05) is 19.1 Å². The van der Waals surface area contributed by atoms with Crippen LogP contribution in [0.25, 0.3) is 0 Å². The molecule has 18 heavy (non-hydrogen) atoms. The highest BCUT2D eigenvalue weighted by Gasteiger charge is 2.42. The lowest BCUT2D eigenvalue weighted by atomic mass is 9.84. The molecule has 0 spiro atoms. The minimum absolute atomic E-state index is 0.481. The Morgan fingerprint density at radius 1 is 1.22 bits per heavy atom. The molecule has 0 aromatic rings. The first-order valence-electron chi connectivity index (χ1n) is 7.86. The Hall–Kier alpha value is -0.0800. The van der Waals surface area contributed by atoms with Crippen LogP contribution in [-0.2, 0) is 0 Å². The summed E-state index contributed by atoms with van der Waals surface area (Å²) >= 11 is 0. The summed E-state index contributed by atoms with van der Waals surface area (Å²) in [5.74, 6) is 2.82. The van der Waals surface area contributed by atoms with Gasteiger partial charge < -0.3 is 10.2 Å². The Balaban J connectivity index is 1.83. The quantitative estimate of drug-likeness (QED) is 0.782. The van der Waals surface area contributed by atoms with Gasteiger partial charge in [0.1, 0.15) is 0 Å². The summed E-state index contributed by atoms with van der Waals surface area (Å²) in [6, 6.07) is 0.710. The highest BCUT2D eigenvalue weighted by atomic mass is 15.1. The van der Waals surface area contributed by atoms with Gasteiger partial charge in [-0.25, -0.2) is 0 Å². The van der Waals surface area contributed by atoms with Gasteiger partial charge in [-0.2, -0.15) is 0 Å². The molecule has 2 aliphatic carbocycles. The molecule has 0 aliphatic heterocycles. The van der Waals surface area contributed by atoms with Crippen molar-refractivity contribution in [1.29, 1.82) is 0 Å². The lowest BCUT2D eigenvalue weighted by Crippen LogP contribution is -2.45. The fourth-order valence-corrected chi connectivity index (χ4v) is 3.91. The number of nitrogens with zero attached hydrogens (tertiary/aromatic N) is 1. The van der Waals surface area contributed by atoms with E-state index >= 15 is 0 Å². The summed E-state index contributed by atoms with van der Waals surface area (Å²) in [5.41, 5.74) is 0.481. The fourth-order valence-electron chi connectivity index (χ4n) is 3.91. The van der Waals surface area contributed by atoms with Crippen LogP contribution in [0.1, 0.15) is 47.0 Å². The zero-order valence-electron chi connectivity index (χ0n) is 13.0. The largest absolute Gasteiger partial charge is 0.313 e. The monoisotopic (exact) mass is 252 g/mol. The summed E-state index contributed by atoms with van der Waals surface area (Å²) in [5, 5.41) is 3.74. The molecule has 2 fully saturated rings. The summed E-state index contributed by atoms with van der Waals surface area (Å²) in [6.45, 7) is 13.2. The number of rotatable bonds is 6. The van der Waals surface area contributed by atoms with Crippen molar-refractivity contribution >= 4 is 0 Å². The van der Waals surface area contributed by atoms with Crippen molar-refractivity contribution in [3.05, 3.63) is 0 Å². The maximum Gasteiger partial charge on any atom is 0.0159 e. The van der Waals surface area contributed by atoms with E-state index < -0.39 is 0 Å². The van der Waals surface area contributed by atoms with Gasteiger partial charge in [0.15, 0.2) is 0 Å². The Kier molecular flexibility index (Phi) is 4.38. The van der Waals surface area contributed by atoms with E-state index in [1.165, 1.54) is 32.4 Å². The third kappa shape index (κ3) is 3.27. The molecule has 0 saturated heterocycles. The molecule has 0 amide bonds. The van der Waals surface area contributed by atoms with Crippen molar-refractivity contribution in [3.63, 3.8) is 0 Å². The van der Waals surface area contributed by atoms with Gasteiger partial charge in [-0.3, -0.25) is 0 Å². The highest BCUT2D eigenvalue weighted by Crippen LogP contribution is 2.42. The van der Waals surface area contributed by atoms with E-state index in [1.54, 1.807) is 0 Å². The van der Waals surface area contributed by atoms with Gasteiger partial charge in [-0.05, 0) is 56.0 Å². The lowest BCUT2D eigenvalue weighted by molar-refractivity contribution is 0.200. The molecule has 4 unspecified atom stereocenters. The molecule has 1 N–H and O–H groups in total. The maximum absolute atomic E-state index is 3.74. The SMILES string of the molecule is CCNC1C(CN(C)CC2CC2C)CCC1(C)C. The zero-order chi connectivity index (χ0) is 13.3. The second kappa shape index (κ2) is 5.50. The van der Waals surface area contributed by atoms with Crippen LogP contribution in [-0.4, -0.2) is 37.6 Å². The van der Waals surface area contributed by atoms with Gasteiger partial charge in [-0.1, -0.05) is 27.7 Å². The van der Waals surface area contributed by atoms with E-state index in [0.717, 1.165) is 24.3 Å². The highest BCUT2D eigenvalue weighted by molar-refractivity contribution is 4.97. The summed E-state index contributed by atoms with van der Waals surface area (Å²) < 4.78 is 0. The average Bonchev–Trinajstić information content (AvgIpc) is 2.89. The summed E-state index contributed by atoms with van der Waals surface area (Å²) in [6.07, 6.45) is 4.23. The molecule has 0 radical (unpaired) electrons. The first-order chi connectivity index (χ1) is 8.44. The van der Waals surface area contributed by atoms with E-state index in [9.17, 15) is 0 Å². The second-order valence-electron chi connectivity index (χ2n) is 7.52. The van der Waals surface area contributed by atoms with Crippen molar-refractivity contribution in [2.24, 2.45) is 23.2 Å². The third-order valence-electron chi connectivity index (χ3n) is 5.27. The molecular weight excluding hydrogens is 220 g/mol. The van der Waals surface area contributed by atoms with Crippen LogP contribution in [0.4, 0.5) is 0 Å². The fraction of sp³-hybridized carbons (Fsp3) is 1.00. The van der Waals surface area contributed by atoms with Gasteiger partial charge >= 0.3 is 0 Å². The lowest BCUT2D eigenvalue weighted by Gasteiger charge is -2.33. The topological polar surface area (TPSA) is 15.3 Å². The van der Waals surface area contributed by atoms with Gasteiger partial charge in [-0.15, -0.1) is 0 Å². The smallest absolute Gasteiger partial charge is 0.0159 e. The van der Waals surface area contributed by atoms with Crippen LogP contribution in [0.3, 0.4) is 0 Å². The van der Waals surface area contributed by atoms with E-state index in [0.29, 0.717) is 11.5 Å². The molecule has 4 atom stereocenters. The van der Waals surface area contributed by atoms with Crippen molar-refractivity contribution in [1.82, 2.24) is 10.2 Å². The van der Waals surface area contributed by atoms with E-state index in [1.807, 2.05) is 0 Å². The number of nitrogens with one attached hydrogen (secondary N) is 1. The van der Waals surface area contributed by atoms with Crippen LogP contribution < -0.4 is 5.32 Å². The Morgan fingerprint density at radius 2 is 1.83 bits per heavy atom. The Morgan fingerprint density at radius 3 is 2.39 bits per heavy atom. The number of hydrogen-bond donors (Lipinski definition) is 1. The zero-order valence-corrected chi connectivity index (χ0v) is 13.0. The average molecular weight is 252 g/mol. The predicted molar refractivity (Wildman–Crippen MR) is 78.7 cm³/mol. The van der Waals surface area contributed by atoms with E-state index in [2.05, 4.69) is 45.0 Å². The first-order valence-corrected chi connectivity index (χ1v) is 7.86. The first kappa shape index (κ1) is 14.3. The molecule has 2 rings (SSSR count). The summed E-state index contributed by atoms with van der Waals surface area (Å²) in [4.78, 5) is 2.59. The van der Waals surface area contributed by atoms with Crippen molar-refractivity contribution < 1.29 is 0 Å². The standard InChI is InChI=1S/C16H32N2/c1-6-17-15-13(7-8-16(15,3)4)10-18(5)11-14-9-12(14)2/h12-15,17H,6-11H2,1-5H3. The molecule has 2 aliphatic rings. The molecule has 2 nitrogen and oxygen atoms in total. The van der Waals surface area contributed by atoms with Gasteiger partial charge in [0.2, 0.25) is 0 Å². The number of hydrogen-bond acceptors (Lipinski definition) is 2. The van der Waals surface area contributed by atoms with Gasteiger partial charge in [0.25, 0.3) is 0 Å². The van der Waals surface area contributed by atoms with Crippen LogP contribution in [0.5, 0.6) is 0 Å². The normalized spacial score (nSPS) is 38.3. The molecule has 0 aromatic carbocycles. The molecule has 0 aromatic heterocycles. The van der Waals surface area contributed by atoms with Crippen LogP contribution >= 0.6 is 0 Å². The minimum Gasteiger partial charge on any atom is -0.313 e. The van der Waals surface area contributed by atoms with Crippen molar-refractivity contribution in [2.75, 3.05) is 26.7 Å². The van der Waals surface area contributed by atoms with E-state index in [4.69, 9.17) is 0 Å². The summed E-state index contributed by atoms with van der Waals surface area (Å²) in [7, 11) is 2.32. The minimum atomic E-state index is 0.481. The van der Waals surface area contributed by atoms with Crippen molar-refractivity contribution in [3.8, 4) is 0 Å². The second-order valence-corrected chi connectivity index (χ2v) is 7.52. The predicted octanol–water partition coefficient (Wildman–Crippen LogP) is 2.99.